The van der Waals surface area contributed by atoms with Gasteiger partial charge in [0.25, 0.3) is 0 Å². The van der Waals surface area contributed by atoms with Crippen LogP contribution in [-0.4, -0.2) is 30.9 Å². The third-order valence-electron chi connectivity index (χ3n) is 2.89. The van der Waals surface area contributed by atoms with E-state index >= 15 is 0 Å². The van der Waals surface area contributed by atoms with Crippen molar-refractivity contribution in [3.63, 3.8) is 0 Å². The number of rotatable bonds is 8. The van der Waals surface area contributed by atoms with Gasteiger partial charge >= 0.3 is 0 Å². The Hall–Kier alpha value is -1.93. The van der Waals surface area contributed by atoms with E-state index in [1.54, 1.807) is 19.1 Å². The molecule has 1 aromatic carbocycles. The molecule has 1 aromatic heterocycles. The molecule has 0 aliphatic heterocycles. The molecular weight excluding hydrogens is 306 g/mol. The van der Waals surface area contributed by atoms with Crippen LogP contribution < -0.4 is 9.46 Å². The minimum atomic E-state index is -3.50. The van der Waals surface area contributed by atoms with Gasteiger partial charge in [-0.2, -0.15) is 4.98 Å². The summed E-state index contributed by atoms with van der Waals surface area (Å²) in [6.45, 7) is 3.61. The van der Waals surface area contributed by atoms with Gasteiger partial charge in [-0.15, -0.1) is 0 Å². The summed E-state index contributed by atoms with van der Waals surface area (Å²) in [5.41, 5.74) is 0. The van der Waals surface area contributed by atoms with E-state index in [1.807, 2.05) is 25.1 Å². The van der Waals surface area contributed by atoms with Crippen molar-refractivity contribution >= 4 is 10.0 Å². The topological polar surface area (TPSA) is 94.3 Å². The second kappa shape index (κ2) is 7.37. The molecule has 0 saturated heterocycles. The number of ether oxygens (including phenoxy) is 1. The molecule has 1 heterocycles. The van der Waals surface area contributed by atoms with E-state index in [4.69, 9.17) is 9.26 Å². The van der Waals surface area contributed by atoms with Gasteiger partial charge in [-0.05, 0) is 19.1 Å². The normalized spacial score (nSPS) is 13.0. The summed E-state index contributed by atoms with van der Waals surface area (Å²) in [7, 11) is -3.50. The molecule has 0 fully saturated rings. The maximum absolute atomic E-state index is 12.0. The van der Waals surface area contributed by atoms with Gasteiger partial charge in [-0.1, -0.05) is 30.3 Å². The Bertz CT molecular complexity index is 685. The van der Waals surface area contributed by atoms with Crippen molar-refractivity contribution in [3.05, 3.63) is 42.0 Å². The highest BCUT2D eigenvalue weighted by molar-refractivity contribution is 7.89. The molecule has 2 rings (SSSR count). The van der Waals surface area contributed by atoms with E-state index in [9.17, 15) is 8.42 Å². The molecule has 0 saturated carbocycles. The molecule has 0 aliphatic carbocycles. The fourth-order valence-corrected chi connectivity index (χ4v) is 2.81. The molecule has 0 radical (unpaired) electrons. The number of aryl methyl sites for hydroxylation is 1. The Balaban J connectivity index is 1.85. The second-order valence-electron chi connectivity index (χ2n) is 4.72. The lowest BCUT2D eigenvalue weighted by molar-refractivity contribution is 0.336. The van der Waals surface area contributed by atoms with Crippen LogP contribution in [0.5, 0.6) is 5.75 Å². The van der Waals surface area contributed by atoms with E-state index in [1.165, 1.54) is 0 Å². The van der Waals surface area contributed by atoms with Crippen molar-refractivity contribution in [3.8, 4) is 5.75 Å². The number of para-hydroxylation sites is 1. The lowest BCUT2D eigenvalue weighted by atomic mass is 10.3. The summed E-state index contributed by atoms with van der Waals surface area (Å²) in [5.74, 6) is 1.29. The molecule has 8 heteroatoms. The van der Waals surface area contributed by atoms with Crippen LogP contribution in [0.25, 0.3) is 0 Å². The van der Waals surface area contributed by atoms with Crippen molar-refractivity contribution in [1.29, 1.82) is 0 Å². The average molecular weight is 325 g/mol. The van der Waals surface area contributed by atoms with Crippen molar-refractivity contribution in [2.24, 2.45) is 0 Å². The maximum atomic E-state index is 12.0. The Morgan fingerprint density at radius 3 is 2.68 bits per heavy atom. The van der Waals surface area contributed by atoms with Crippen LogP contribution in [0.3, 0.4) is 0 Å². The van der Waals surface area contributed by atoms with Crippen molar-refractivity contribution in [2.45, 2.75) is 26.3 Å². The number of sulfonamides is 1. The maximum Gasteiger partial charge on any atom is 0.244 e. The standard InChI is InChI=1S/C14H19N3O4S/c1-3-13-15-14(21-16-13)11(2)17-22(18,19)10-9-20-12-7-5-4-6-8-12/h4-8,11,17H,3,9-10H2,1-2H3. The fourth-order valence-electron chi connectivity index (χ4n) is 1.75. The second-order valence-corrected chi connectivity index (χ2v) is 6.60. The predicted molar refractivity (Wildman–Crippen MR) is 81.0 cm³/mol. The molecular formula is C14H19N3O4S. The SMILES string of the molecule is CCc1noc(C(C)NS(=O)(=O)CCOc2ccccc2)n1. The summed E-state index contributed by atoms with van der Waals surface area (Å²) in [6.07, 6.45) is 0.633. The van der Waals surface area contributed by atoms with Gasteiger partial charge < -0.3 is 9.26 Å². The predicted octanol–water partition coefficient (Wildman–Crippen LogP) is 1.69. The molecule has 22 heavy (non-hydrogen) atoms. The lowest BCUT2D eigenvalue weighted by Crippen LogP contribution is -2.31. The fraction of sp³-hybridized carbons (Fsp3) is 0.429. The first-order valence-corrected chi connectivity index (χ1v) is 8.65. The van der Waals surface area contributed by atoms with Crippen molar-refractivity contribution in [1.82, 2.24) is 14.9 Å². The van der Waals surface area contributed by atoms with Crippen LogP contribution in [0.1, 0.15) is 31.6 Å². The third-order valence-corrected chi connectivity index (χ3v) is 4.31. The van der Waals surface area contributed by atoms with Gasteiger partial charge in [0.15, 0.2) is 5.82 Å². The van der Waals surface area contributed by atoms with E-state index in [-0.39, 0.29) is 18.3 Å². The molecule has 1 atom stereocenters. The summed E-state index contributed by atoms with van der Waals surface area (Å²) in [6, 6.07) is 8.48. The van der Waals surface area contributed by atoms with Crippen LogP contribution in [0, 0.1) is 0 Å². The molecule has 7 nitrogen and oxygen atoms in total. The zero-order valence-corrected chi connectivity index (χ0v) is 13.3. The minimum absolute atomic E-state index is 0.0656. The molecule has 0 bridgehead atoms. The highest BCUT2D eigenvalue weighted by atomic mass is 32.2. The smallest absolute Gasteiger partial charge is 0.244 e. The minimum Gasteiger partial charge on any atom is -0.492 e. The highest BCUT2D eigenvalue weighted by Gasteiger charge is 2.20. The zero-order chi connectivity index (χ0) is 16.0. The zero-order valence-electron chi connectivity index (χ0n) is 12.5. The molecule has 1 N–H and O–H groups in total. The summed E-state index contributed by atoms with van der Waals surface area (Å²) in [4.78, 5) is 4.10. The van der Waals surface area contributed by atoms with Gasteiger partial charge in [0.05, 0.1) is 11.8 Å². The number of nitrogens with zero attached hydrogens (tertiary/aromatic N) is 2. The van der Waals surface area contributed by atoms with Crippen LogP contribution in [-0.2, 0) is 16.4 Å². The summed E-state index contributed by atoms with van der Waals surface area (Å²) in [5, 5.41) is 3.74. The number of hydrogen-bond acceptors (Lipinski definition) is 6. The number of nitrogens with one attached hydrogen (secondary N) is 1. The van der Waals surface area contributed by atoms with Gasteiger partial charge in [-0.3, -0.25) is 0 Å². The van der Waals surface area contributed by atoms with Crippen molar-refractivity contribution < 1.29 is 17.7 Å². The first-order valence-electron chi connectivity index (χ1n) is 7.00. The number of benzene rings is 1. The quantitative estimate of drug-likeness (QED) is 0.793. The molecule has 120 valence electrons. The van der Waals surface area contributed by atoms with Crippen LogP contribution in [0.15, 0.2) is 34.9 Å². The van der Waals surface area contributed by atoms with E-state index < -0.39 is 16.1 Å². The number of aromatic nitrogens is 2. The van der Waals surface area contributed by atoms with Gasteiger partial charge in [-0.25, -0.2) is 13.1 Å². The average Bonchev–Trinajstić information content (AvgIpc) is 2.97. The van der Waals surface area contributed by atoms with Crippen LogP contribution >= 0.6 is 0 Å². The molecule has 0 aliphatic rings. The van der Waals surface area contributed by atoms with Gasteiger partial charge in [0.1, 0.15) is 12.4 Å². The van der Waals surface area contributed by atoms with Crippen molar-refractivity contribution in [2.75, 3.05) is 12.4 Å². The Morgan fingerprint density at radius 1 is 1.32 bits per heavy atom. The monoisotopic (exact) mass is 325 g/mol. The Labute approximate surface area is 129 Å². The molecule has 0 spiro atoms. The largest absolute Gasteiger partial charge is 0.492 e. The molecule has 2 aromatic rings. The highest BCUT2D eigenvalue weighted by Crippen LogP contribution is 2.12. The summed E-state index contributed by atoms with van der Waals surface area (Å²) < 4.78 is 36.9. The van der Waals surface area contributed by atoms with Crippen LogP contribution in [0.2, 0.25) is 0 Å². The number of hydrogen-bond donors (Lipinski definition) is 1. The van der Waals surface area contributed by atoms with Crippen LogP contribution in [0.4, 0.5) is 0 Å². The van der Waals surface area contributed by atoms with Gasteiger partial charge in [0.2, 0.25) is 15.9 Å². The Kier molecular flexibility index (Phi) is 5.51. The van der Waals surface area contributed by atoms with E-state index in [0.29, 0.717) is 18.0 Å². The Morgan fingerprint density at radius 2 is 2.05 bits per heavy atom. The lowest BCUT2D eigenvalue weighted by Gasteiger charge is -2.11. The van der Waals surface area contributed by atoms with E-state index in [0.717, 1.165) is 0 Å². The first-order chi connectivity index (χ1) is 10.5. The molecule has 0 amide bonds. The summed E-state index contributed by atoms with van der Waals surface area (Å²) >= 11 is 0. The molecule has 1 unspecified atom stereocenters. The van der Waals surface area contributed by atoms with Gasteiger partial charge in [0, 0.05) is 6.42 Å². The van der Waals surface area contributed by atoms with E-state index in [2.05, 4.69) is 14.9 Å². The first kappa shape index (κ1) is 16.4. The third kappa shape index (κ3) is 4.81.